The van der Waals surface area contributed by atoms with Gasteiger partial charge in [0.25, 0.3) is 0 Å². The molecule has 0 heterocycles. The van der Waals surface area contributed by atoms with Gasteiger partial charge in [-0.3, -0.25) is 0 Å². The van der Waals surface area contributed by atoms with Crippen LogP contribution in [0.1, 0.15) is 40.2 Å². The first-order chi connectivity index (χ1) is 6.80. The Hall–Kier alpha value is -1.05. The average molecular weight is 210 g/mol. The molecule has 0 amide bonds. The first kappa shape index (κ1) is 12.0. The van der Waals surface area contributed by atoms with Gasteiger partial charge in [0.2, 0.25) is 0 Å². The lowest BCUT2D eigenvalue weighted by atomic mass is 9.87. The molecule has 1 aromatic rings. The van der Waals surface area contributed by atoms with E-state index in [2.05, 4.69) is 20.8 Å². The molecule has 0 spiro atoms. The van der Waals surface area contributed by atoms with E-state index in [4.69, 9.17) is 4.74 Å². The number of hydrogen-bond donors (Lipinski definition) is 0. The fourth-order valence-electron chi connectivity index (χ4n) is 1.31. The predicted molar refractivity (Wildman–Crippen MR) is 60.9 cm³/mol. The highest BCUT2D eigenvalue weighted by molar-refractivity contribution is 5.34. The topological polar surface area (TPSA) is 9.23 Å². The lowest BCUT2D eigenvalue weighted by molar-refractivity contribution is 0.230. The Balaban J connectivity index is 3.06. The molecule has 1 nitrogen and oxygen atoms in total. The summed E-state index contributed by atoms with van der Waals surface area (Å²) in [4.78, 5) is 0. The minimum Gasteiger partial charge on any atom is -0.488 e. The van der Waals surface area contributed by atoms with Crippen LogP contribution >= 0.6 is 0 Å². The van der Waals surface area contributed by atoms with Crippen molar-refractivity contribution >= 4 is 0 Å². The second-order valence-corrected chi connectivity index (χ2v) is 5.06. The molecule has 1 rings (SSSR count). The molecule has 84 valence electrons. The van der Waals surface area contributed by atoms with Gasteiger partial charge < -0.3 is 4.74 Å². The lowest BCUT2D eigenvalue weighted by Gasteiger charge is -2.20. The van der Waals surface area contributed by atoms with Crippen LogP contribution in [-0.2, 0) is 5.41 Å². The van der Waals surface area contributed by atoms with E-state index in [1.54, 1.807) is 6.07 Å². The zero-order valence-electron chi connectivity index (χ0n) is 10.1. The van der Waals surface area contributed by atoms with Gasteiger partial charge in [-0.15, -0.1) is 0 Å². The largest absolute Gasteiger partial charge is 0.488 e. The maximum absolute atomic E-state index is 13.4. The van der Waals surface area contributed by atoms with Gasteiger partial charge in [0, 0.05) is 0 Å². The molecule has 0 bridgehead atoms. The fourth-order valence-corrected chi connectivity index (χ4v) is 1.31. The zero-order valence-corrected chi connectivity index (χ0v) is 10.1. The second-order valence-electron chi connectivity index (χ2n) is 5.06. The summed E-state index contributed by atoms with van der Waals surface area (Å²) in [6.45, 7) is 10.1. The van der Waals surface area contributed by atoms with Gasteiger partial charge in [0.05, 0.1) is 6.10 Å². The van der Waals surface area contributed by atoms with Gasteiger partial charge in [0.15, 0.2) is 11.6 Å². The van der Waals surface area contributed by atoms with Crippen molar-refractivity contribution in [3.8, 4) is 5.75 Å². The number of ether oxygens (including phenoxy) is 1. The maximum Gasteiger partial charge on any atom is 0.165 e. The second kappa shape index (κ2) is 4.21. The summed E-state index contributed by atoms with van der Waals surface area (Å²) >= 11 is 0. The summed E-state index contributed by atoms with van der Waals surface area (Å²) < 4.78 is 18.8. The third-order valence-corrected chi connectivity index (χ3v) is 2.16. The highest BCUT2D eigenvalue weighted by Gasteiger charge is 2.16. The van der Waals surface area contributed by atoms with Gasteiger partial charge in [0.1, 0.15) is 0 Å². The Bertz CT molecular complexity index is 337. The molecular formula is C13H19FO. The van der Waals surface area contributed by atoms with Crippen molar-refractivity contribution in [3.63, 3.8) is 0 Å². The molecular weight excluding hydrogens is 191 g/mol. The van der Waals surface area contributed by atoms with Crippen molar-refractivity contribution in [3.05, 3.63) is 29.6 Å². The molecule has 0 aliphatic carbocycles. The van der Waals surface area contributed by atoms with Crippen LogP contribution in [0.4, 0.5) is 4.39 Å². The summed E-state index contributed by atoms with van der Waals surface area (Å²) in [6.07, 6.45) is -0.00489. The molecule has 15 heavy (non-hydrogen) atoms. The third-order valence-electron chi connectivity index (χ3n) is 2.16. The molecule has 1 aromatic carbocycles. The Morgan fingerprint density at radius 1 is 1.20 bits per heavy atom. The van der Waals surface area contributed by atoms with Gasteiger partial charge in [-0.2, -0.15) is 0 Å². The molecule has 0 atom stereocenters. The maximum atomic E-state index is 13.4. The first-order valence-electron chi connectivity index (χ1n) is 5.27. The van der Waals surface area contributed by atoms with E-state index in [-0.39, 0.29) is 17.3 Å². The standard InChI is InChI=1S/C13H19FO/c1-9(2)15-12-8-10(13(3,4)5)6-7-11(12)14/h6-9H,1-5H3. The van der Waals surface area contributed by atoms with Crippen LogP contribution in [0, 0.1) is 5.82 Å². The Morgan fingerprint density at radius 2 is 1.80 bits per heavy atom. The summed E-state index contributed by atoms with van der Waals surface area (Å²) in [5.74, 6) is 0.0501. The van der Waals surface area contributed by atoms with Gasteiger partial charge in [-0.05, 0) is 37.0 Å². The molecule has 2 heteroatoms. The van der Waals surface area contributed by atoms with Crippen molar-refractivity contribution in [2.24, 2.45) is 0 Å². The normalized spacial score (nSPS) is 11.9. The summed E-state index contributed by atoms with van der Waals surface area (Å²) in [7, 11) is 0. The fraction of sp³-hybridized carbons (Fsp3) is 0.538. The van der Waals surface area contributed by atoms with Crippen LogP contribution in [0.15, 0.2) is 18.2 Å². The average Bonchev–Trinajstić information content (AvgIpc) is 2.06. The molecule has 0 fully saturated rings. The van der Waals surface area contributed by atoms with Crippen LogP contribution in [0.5, 0.6) is 5.75 Å². The van der Waals surface area contributed by atoms with Crippen molar-refractivity contribution in [2.45, 2.75) is 46.1 Å². The first-order valence-corrected chi connectivity index (χ1v) is 5.27. The van der Waals surface area contributed by atoms with Gasteiger partial charge in [-0.25, -0.2) is 4.39 Å². The van der Waals surface area contributed by atoms with Crippen LogP contribution < -0.4 is 4.74 Å². The summed E-state index contributed by atoms with van der Waals surface area (Å²) in [5, 5.41) is 0. The van der Waals surface area contributed by atoms with Gasteiger partial charge in [-0.1, -0.05) is 26.8 Å². The quantitative estimate of drug-likeness (QED) is 0.719. The zero-order chi connectivity index (χ0) is 11.6. The minimum atomic E-state index is -0.295. The van der Waals surface area contributed by atoms with Crippen molar-refractivity contribution in [2.75, 3.05) is 0 Å². The molecule has 0 saturated heterocycles. The summed E-state index contributed by atoms with van der Waals surface area (Å²) in [6, 6.07) is 5.07. The molecule has 0 aliphatic heterocycles. The Kier molecular flexibility index (Phi) is 3.38. The van der Waals surface area contributed by atoms with Crippen molar-refractivity contribution < 1.29 is 9.13 Å². The lowest BCUT2D eigenvalue weighted by Crippen LogP contribution is -2.13. The monoisotopic (exact) mass is 210 g/mol. The van der Waals surface area contributed by atoms with Crippen LogP contribution in [0.2, 0.25) is 0 Å². The molecule has 0 aliphatic rings. The Labute approximate surface area is 91.3 Å². The van der Waals surface area contributed by atoms with E-state index in [1.165, 1.54) is 6.07 Å². The smallest absolute Gasteiger partial charge is 0.165 e. The van der Waals surface area contributed by atoms with E-state index < -0.39 is 0 Å². The van der Waals surface area contributed by atoms with E-state index in [9.17, 15) is 4.39 Å². The predicted octanol–water partition coefficient (Wildman–Crippen LogP) is 3.91. The molecule has 0 saturated carbocycles. The molecule has 0 aromatic heterocycles. The minimum absolute atomic E-state index is 0.00489. The SMILES string of the molecule is CC(C)Oc1cc(C(C)(C)C)ccc1F. The van der Waals surface area contributed by atoms with Crippen molar-refractivity contribution in [1.29, 1.82) is 0 Å². The van der Waals surface area contributed by atoms with Crippen molar-refractivity contribution in [1.82, 2.24) is 0 Å². The number of hydrogen-bond acceptors (Lipinski definition) is 1. The highest BCUT2D eigenvalue weighted by atomic mass is 19.1. The molecule has 0 N–H and O–H groups in total. The third kappa shape index (κ3) is 3.22. The molecule has 0 radical (unpaired) electrons. The van der Waals surface area contributed by atoms with Crippen LogP contribution in [0.25, 0.3) is 0 Å². The number of benzene rings is 1. The van der Waals surface area contributed by atoms with E-state index in [1.807, 2.05) is 19.9 Å². The van der Waals surface area contributed by atoms with Crippen LogP contribution in [-0.4, -0.2) is 6.10 Å². The number of rotatable bonds is 2. The highest BCUT2D eigenvalue weighted by Crippen LogP contribution is 2.28. The van der Waals surface area contributed by atoms with Crippen LogP contribution in [0.3, 0.4) is 0 Å². The number of halogens is 1. The summed E-state index contributed by atoms with van der Waals surface area (Å²) in [5.41, 5.74) is 1.10. The van der Waals surface area contributed by atoms with E-state index in [0.717, 1.165) is 5.56 Å². The molecule has 0 unspecified atom stereocenters. The van der Waals surface area contributed by atoms with E-state index in [0.29, 0.717) is 5.75 Å². The van der Waals surface area contributed by atoms with Gasteiger partial charge >= 0.3 is 0 Å². The Morgan fingerprint density at radius 3 is 2.27 bits per heavy atom. The van der Waals surface area contributed by atoms with E-state index >= 15 is 0 Å².